The molecule has 10 heteroatoms. The maximum absolute atomic E-state index is 15.0. The predicted molar refractivity (Wildman–Crippen MR) is 139 cm³/mol. The number of para-hydroxylation sites is 1. The highest BCUT2D eigenvalue weighted by Gasteiger charge is 2.33. The minimum Gasteiger partial charge on any atom is -0.442 e. The average molecular weight is 516 g/mol. The van der Waals surface area contributed by atoms with Crippen LogP contribution in [0.15, 0.2) is 60.7 Å². The number of aromatic nitrogens is 3. The molecule has 0 radical (unpaired) electrons. The minimum absolute atomic E-state index is 0.0279. The van der Waals surface area contributed by atoms with E-state index in [0.29, 0.717) is 22.3 Å². The summed E-state index contributed by atoms with van der Waals surface area (Å²) in [7, 11) is 0. The lowest BCUT2D eigenvalue weighted by atomic mass is 9.99. The van der Waals surface area contributed by atoms with Gasteiger partial charge in [0, 0.05) is 18.4 Å². The standard InChI is InChI=1S/C28H26FN5O4/c1-17-7-9-21(18(2)13-17)26(35)11-12-27(36)30-15-20-16-33(28(37)38-20)19-8-10-24(22(29)14-19)34-25-6-4-3-5-23(25)31-32-34/h3-10,13-14,20H,11-12,15-16H2,1-2H3,(H,30,36)/t20-/m0/s1. The van der Waals surface area contributed by atoms with Gasteiger partial charge in [0.15, 0.2) is 11.6 Å². The Labute approximate surface area is 218 Å². The first kappa shape index (κ1) is 25.1. The van der Waals surface area contributed by atoms with Gasteiger partial charge >= 0.3 is 6.09 Å². The predicted octanol–water partition coefficient (Wildman–Crippen LogP) is 4.28. The molecule has 1 saturated heterocycles. The number of nitrogens with zero attached hydrogens (tertiary/aromatic N) is 4. The number of Topliss-reactive ketones (excluding diaryl/α,β-unsaturated/α-hetero) is 1. The number of amides is 2. The Balaban J connectivity index is 1.16. The van der Waals surface area contributed by atoms with Gasteiger partial charge in [-0.15, -0.1) is 5.10 Å². The van der Waals surface area contributed by atoms with Crippen LogP contribution < -0.4 is 10.2 Å². The molecule has 0 aliphatic carbocycles. The summed E-state index contributed by atoms with van der Waals surface area (Å²) in [5.41, 5.74) is 4.39. The van der Waals surface area contributed by atoms with E-state index >= 15 is 4.39 Å². The Hall–Kier alpha value is -4.60. The number of benzene rings is 3. The van der Waals surface area contributed by atoms with E-state index in [1.54, 1.807) is 24.3 Å². The molecule has 1 N–H and O–H groups in total. The normalized spacial score (nSPS) is 15.1. The number of ketones is 1. The third-order valence-electron chi connectivity index (χ3n) is 6.49. The van der Waals surface area contributed by atoms with Crippen molar-refractivity contribution in [3.8, 4) is 5.69 Å². The Morgan fingerprint density at radius 3 is 2.68 bits per heavy atom. The number of hydrogen-bond donors (Lipinski definition) is 1. The highest BCUT2D eigenvalue weighted by atomic mass is 19.1. The van der Waals surface area contributed by atoms with Gasteiger partial charge in [-0.05, 0) is 49.7 Å². The van der Waals surface area contributed by atoms with E-state index < -0.39 is 18.0 Å². The Morgan fingerprint density at radius 2 is 1.89 bits per heavy atom. The van der Waals surface area contributed by atoms with Gasteiger partial charge in [0.25, 0.3) is 0 Å². The average Bonchev–Trinajstić information content (AvgIpc) is 3.49. The topological polar surface area (TPSA) is 106 Å². The summed E-state index contributed by atoms with van der Waals surface area (Å²) < 4.78 is 21.8. The zero-order valence-electron chi connectivity index (χ0n) is 21.0. The van der Waals surface area contributed by atoms with E-state index in [1.165, 1.54) is 21.7 Å². The van der Waals surface area contributed by atoms with E-state index in [0.717, 1.165) is 11.1 Å². The number of hydrogen-bond acceptors (Lipinski definition) is 6. The molecule has 3 aromatic carbocycles. The van der Waals surface area contributed by atoms with Crippen molar-refractivity contribution in [3.63, 3.8) is 0 Å². The van der Waals surface area contributed by atoms with Gasteiger partial charge < -0.3 is 10.1 Å². The fourth-order valence-electron chi connectivity index (χ4n) is 4.53. The summed E-state index contributed by atoms with van der Waals surface area (Å²) >= 11 is 0. The summed E-state index contributed by atoms with van der Waals surface area (Å²) in [6.45, 7) is 4.06. The monoisotopic (exact) mass is 515 g/mol. The van der Waals surface area contributed by atoms with Gasteiger partial charge in [-0.1, -0.05) is 41.1 Å². The largest absolute Gasteiger partial charge is 0.442 e. The first-order chi connectivity index (χ1) is 18.3. The highest BCUT2D eigenvalue weighted by molar-refractivity contribution is 5.99. The van der Waals surface area contributed by atoms with Gasteiger partial charge in [0.05, 0.1) is 24.3 Å². The van der Waals surface area contributed by atoms with Crippen LogP contribution >= 0.6 is 0 Å². The maximum atomic E-state index is 15.0. The lowest BCUT2D eigenvalue weighted by Gasteiger charge is -2.14. The number of fused-ring (bicyclic) bond motifs is 1. The van der Waals surface area contributed by atoms with Crippen molar-refractivity contribution in [2.75, 3.05) is 18.0 Å². The van der Waals surface area contributed by atoms with Crippen LogP contribution in [0.2, 0.25) is 0 Å². The van der Waals surface area contributed by atoms with Crippen LogP contribution in [0.25, 0.3) is 16.7 Å². The van der Waals surface area contributed by atoms with Crippen LogP contribution in [-0.4, -0.2) is 52.0 Å². The van der Waals surface area contributed by atoms with E-state index in [2.05, 4.69) is 15.6 Å². The van der Waals surface area contributed by atoms with Crippen LogP contribution in [0.1, 0.15) is 34.3 Å². The fourth-order valence-corrected chi connectivity index (χ4v) is 4.53. The lowest BCUT2D eigenvalue weighted by molar-refractivity contribution is -0.121. The second-order valence-electron chi connectivity index (χ2n) is 9.29. The Bertz CT molecular complexity index is 1550. The number of cyclic esters (lactones) is 1. The van der Waals surface area contributed by atoms with E-state index in [1.807, 2.05) is 38.1 Å². The van der Waals surface area contributed by atoms with Crippen molar-refractivity contribution in [1.82, 2.24) is 20.3 Å². The van der Waals surface area contributed by atoms with Crippen LogP contribution in [0.4, 0.5) is 14.9 Å². The fraction of sp³-hybridized carbons (Fsp3) is 0.250. The number of ether oxygens (including phenoxy) is 1. The second kappa shape index (κ2) is 10.4. The molecule has 1 aromatic heterocycles. The zero-order chi connectivity index (χ0) is 26.8. The van der Waals surface area contributed by atoms with Crippen LogP contribution in [0, 0.1) is 19.7 Å². The molecule has 1 atom stereocenters. The van der Waals surface area contributed by atoms with Crippen LogP contribution in [0.3, 0.4) is 0 Å². The molecule has 1 aliphatic heterocycles. The van der Waals surface area contributed by atoms with E-state index in [-0.39, 0.29) is 43.3 Å². The number of halogens is 1. The minimum atomic E-state index is -0.632. The Kier molecular flexibility index (Phi) is 6.87. The van der Waals surface area contributed by atoms with Crippen molar-refractivity contribution >= 4 is 34.5 Å². The van der Waals surface area contributed by atoms with Crippen LogP contribution in [0.5, 0.6) is 0 Å². The molecule has 1 fully saturated rings. The lowest BCUT2D eigenvalue weighted by Crippen LogP contribution is -2.34. The number of rotatable bonds is 8. The third kappa shape index (κ3) is 5.10. The first-order valence-corrected chi connectivity index (χ1v) is 12.3. The molecule has 0 unspecified atom stereocenters. The number of aryl methyl sites for hydroxylation is 2. The molecule has 2 heterocycles. The molecule has 5 rings (SSSR count). The van der Waals surface area contributed by atoms with Crippen molar-refractivity contribution in [1.29, 1.82) is 0 Å². The number of nitrogens with one attached hydrogen (secondary N) is 1. The van der Waals surface area contributed by atoms with Crippen LogP contribution in [-0.2, 0) is 9.53 Å². The second-order valence-corrected chi connectivity index (χ2v) is 9.29. The summed E-state index contributed by atoms with van der Waals surface area (Å²) in [5, 5.41) is 10.8. The van der Waals surface area contributed by atoms with Gasteiger partial charge in [-0.25, -0.2) is 13.9 Å². The molecule has 1 aliphatic rings. The molecule has 9 nitrogen and oxygen atoms in total. The van der Waals surface area contributed by atoms with Gasteiger partial charge in [0.1, 0.15) is 17.3 Å². The molecule has 4 aromatic rings. The quantitative estimate of drug-likeness (QED) is 0.351. The van der Waals surface area contributed by atoms with E-state index in [9.17, 15) is 14.4 Å². The zero-order valence-corrected chi connectivity index (χ0v) is 21.0. The smallest absolute Gasteiger partial charge is 0.414 e. The van der Waals surface area contributed by atoms with Crippen molar-refractivity contribution < 1.29 is 23.5 Å². The summed E-state index contributed by atoms with van der Waals surface area (Å²) in [6, 6.07) is 17.2. The summed E-state index contributed by atoms with van der Waals surface area (Å²) in [6.07, 6.45) is -1.13. The molecule has 0 bridgehead atoms. The molecular formula is C28H26FN5O4. The number of anilines is 1. The van der Waals surface area contributed by atoms with Crippen molar-refractivity contribution in [2.45, 2.75) is 32.8 Å². The summed E-state index contributed by atoms with van der Waals surface area (Å²) in [5.74, 6) is -0.982. The molecule has 38 heavy (non-hydrogen) atoms. The van der Waals surface area contributed by atoms with Gasteiger partial charge in [0.2, 0.25) is 5.91 Å². The molecular weight excluding hydrogens is 489 g/mol. The maximum Gasteiger partial charge on any atom is 0.414 e. The molecule has 194 valence electrons. The molecule has 0 spiro atoms. The summed E-state index contributed by atoms with van der Waals surface area (Å²) in [4.78, 5) is 38.6. The Morgan fingerprint density at radius 1 is 1.08 bits per heavy atom. The highest BCUT2D eigenvalue weighted by Crippen LogP contribution is 2.26. The number of carbonyl (C=O) groups excluding carboxylic acids is 3. The van der Waals surface area contributed by atoms with Gasteiger partial charge in [-0.2, -0.15) is 0 Å². The van der Waals surface area contributed by atoms with Crippen molar-refractivity contribution in [2.24, 2.45) is 0 Å². The SMILES string of the molecule is Cc1ccc(C(=O)CCC(=O)NC[C@H]2CN(c3ccc(-n4nnc5ccccc54)c(F)c3)C(=O)O2)c(C)c1. The first-order valence-electron chi connectivity index (χ1n) is 12.3. The van der Waals surface area contributed by atoms with Crippen molar-refractivity contribution in [3.05, 3.63) is 83.2 Å². The van der Waals surface area contributed by atoms with E-state index in [4.69, 9.17) is 4.74 Å². The third-order valence-corrected chi connectivity index (χ3v) is 6.49. The number of carbonyl (C=O) groups is 3. The van der Waals surface area contributed by atoms with Gasteiger partial charge in [-0.3, -0.25) is 14.5 Å². The molecule has 0 saturated carbocycles. The molecule has 2 amide bonds.